The summed E-state index contributed by atoms with van der Waals surface area (Å²) in [6.45, 7) is 1.34. The predicted molar refractivity (Wildman–Crippen MR) is 69.0 cm³/mol. The van der Waals surface area contributed by atoms with Gasteiger partial charge < -0.3 is 10.4 Å². The molecule has 4 nitrogen and oxygen atoms in total. The lowest BCUT2D eigenvalue weighted by Gasteiger charge is -2.09. The molecule has 0 aliphatic carbocycles. The van der Waals surface area contributed by atoms with Gasteiger partial charge in [-0.1, -0.05) is 0 Å². The Morgan fingerprint density at radius 2 is 2.11 bits per heavy atom. The van der Waals surface area contributed by atoms with Crippen LogP contribution in [0.15, 0.2) is 16.6 Å². The van der Waals surface area contributed by atoms with Crippen LogP contribution in [-0.2, 0) is 16.0 Å². The van der Waals surface area contributed by atoms with Crippen molar-refractivity contribution in [2.24, 2.45) is 0 Å². The topological polar surface area (TPSA) is 66.4 Å². The van der Waals surface area contributed by atoms with Crippen molar-refractivity contribution in [1.82, 2.24) is 0 Å². The minimum absolute atomic E-state index is 0.0262. The van der Waals surface area contributed by atoms with Crippen LogP contribution in [0.5, 0.6) is 0 Å². The Hall–Kier alpha value is -1.43. The molecule has 0 saturated carbocycles. The minimum atomic E-state index is -0.885. The first-order valence-electron chi connectivity index (χ1n) is 5.37. The second-order valence-electron chi connectivity index (χ2n) is 3.86. The minimum Gasteiger partial charge on any atom is -0.481 e. The lowest BCUT2D eigenvalue weighted by molar-refractivity contribution is -0.137. The zero-order chi connectivity index (χ0) is 13.7. The number of hydrogen-bond acceptors (Lipinski definition) is 2. The van der Waals surface area contributed by atoms with Crippen LogP contribution in [0.3, 0.4) is 0 Å². The lowest BCUT2D eigenvalue weighted by Crippen LogP contribution is -2.07. The summed E-state index contributed by atoms with van der Waals surface area (Å²) in [5.41, 5.74) is 1.01. The fourth-order valence-electron chi connectivity index (χ4n) is 1.53. The predicted octanol–water partition coefficient (Wildman–Crippen LogP) is 2.95. The quantitative estimate of drug-likeness (QED) is 0.877. The molecule has 1 aromatic rings. The van der Waals surface area contributed by atoms with Crippen LogP contribution < -0.4 is 5.32 Å². The molecule has 98 valence electrons. The van der Waals surface area contributed by atoms with E-state index in [-0.39, 0.29) is 12.3 Å². The van der Waals surface area contributed by atoms with Gasteiger partial charge in [0.25, 0.3) is 0 Å². The zero-order valence-electron chi connectivity index (χ0n) is 9.80. The summed E-state index contributed by atoms with van der Waals surface area (Å²) in [4.78, 5) is 21.3. The number of anilines is 1. The number of halogens is 2. The van der Waals surface area contributed by atoms with Gasteiger partial charge in [0.15, 0.2) is 0 Å². The number of rotatable bonds is 5. The number of aliphatic carboxylic acids is 1. The van der Waals surface area contributed by atoms with Gasteiger partial charge in [-0.05, 0) is 46.5 Å². The van der Waals surface area contributed by atoms with Crippen molar-refractivity contribution in [2.45, 2.75) is 26.2 Å². The molecule has 0 heterocycles. The second-order valence-corrected chi connectivity index (χ2v) is 4.65. The molecular formula is C12H13BrFNO3. The molecule has 1 aromatic carbocycles. The third-order valence-corrected chi connectivity index (χ3v) is 3.15. The van der Waals surface area contributed by atoms with Gasteiger partial charge >= 0.3 is 5.97 Å². The molecule has 0 atom stereocenters. The summed E-state index contributed by atoms with van der Waals surface area (Å²) < 4.78 is 13.9. The van der Waals surface area contributed by atoms with Gasteiger partial charge in [-0.2, -0.15) is 0 Å². The Labute approximate surface area is 112 Å². The van der Waals surface area contributed by atoms with E-state index in [1.165, 1.54) is 13.0 Å². The second kappa shape index (κ2) is 6.49. The first-order chi connectivity index (χ1) is 8.40. The Morgan fingerprint density at radius 1 is 1.44 bits per heavy atom. The highest BCUT2D eigenvalue weighted by Gasteiger charge is 2.10. The molecule has 0 aliphatic heterocycles. The van der Waals surface area contributed by atoms with Gasteiger partial charge in [-0.3, -0.25) is 9.59 Å². The number of benzene rings is 1. The van der Waals surface area contributed by atoms with E-state index in [2.05, 4.69) is 21.2 Å². The third-order valence-electron chi connectivity index (χ3n) is 2.26. The summed E-state index contributed by atoms with van der Waals surface area (Å²) in [7, 11) is 0. The van der Waals surface area contributed by atoms with E-state index in [1.54, 1.807) is 6.07 Å². The maximum Gasteiger partial charge on any atom is 0.303 e. The van der Waals surface area contributed by atoms with Crippen LogP contribution in [0.25, 0.3) is 0 Å². The van der Waals surface area contributed by atoms with Gasteiger partial charge in [0, 0.05) is 19.0 Å². The molecule has 1 amide bonds. The molecule has 0 unspecified atom stereocenters. The molecule has 6 heteroatoms. The van der Waals surface area contributed by atoms with Crippen molar-refractivity contribution in [3.63, 3.8) is 0 Å². The van der Waals surface area contributed by atoms with Crippen molar-refractivity contribution in [3.05, 3.63) is 28.0 Å². The highest BCUT2D eigenvalue weighted by Crippen LogP contribution is 2.26. The molecule has 0 saturated heterocycles. The molecule has 0 fully saturated rings. The Balaban J connectivity index is 2.84. The number of carbonyl (C=O) groups is 2. The number of carboxylic acids is 1. The molecule has 0 radical (unpaired) electrons. The lowest BCUT2D eigenvalue weighted by atomic mass is 10.1. The number of amides is 1. The Kier molecular flexibility index (Phi) is 5.27. The summed E-state index contributed by atoms with van der Waals surface area (Å²) >= 11 is 3.11. The van der Waals surface area contributed by atoms with Gasteiger partial charge in [-0.15, -0.1) is 0 Å². The normalized spacial score (nSPS) is 10.2. The maximum atomic E-state index is 13.6. The van der Waals surface area contributed by atoms with E-state index in [1.807, 2.05) is 0 Å². The largest absolute Gasteiger partial charge is 0.481 e. The summed E-state index contributed by atoms with van der Waals surface area (Å²) in [6.07, 6.45) is 0.868. The van der Waals surface area contributed by atoms with Crippen LogP contribution in [-0.4, -0.2) is 17.0 Å². The van der Waals surface area contributed by atoms with E-state index in [4.69, 9.17) is 5.11 Å². The van der Waals surface area contributed by atoms with Gasteiger partial charge in [0.05, 0.1) is 4.47 Å². The van der Waals surface area contributed by atoms with E-state index < -0.39 is 11.8 Å². The van der Waals surface area contributed by atoms with Crippen LogP contribution in [0.1, 0.15) is 25.3 Å². The molecule has 1 rings (SSSR count). The van der Waals surface area contributed by atoms with Crippen LogP contribution in [0.2, 0.25) is 0 Å². The first kappa shape index (κ1) is 14.6. The average Bonchev–Trinajstić information content (AvgIpc) is 2.23. The molecule has 0 spiro atoms. The standard InChI is InChI=1S/C12H13BrFNO3/c1-7(16)15-9-5-8(3-2-4-11(17)18)12(13)10(14)6-9/h5-6H,2-4H2,1H3,(H,15,16)(H,17,18). The van der Waals surface area contributed by atoms with Gasteiger partial charge in [0.2, 0.25) is 5.91 Å². The monoisotopic (exact) mass is 317 g/mol. The van der Waals surface area contributed by atoms with E-state index in [0.717, 1.165) is 0 Å². The SMILES string of the molecule is CC(=O)Nc1cc(F)c(Br)c(CCCC(=O)O)c1. The number of hydrogen-bond donors (Lipinski definition) is 2. The summed E-state index contributed by atoms with van der Waals surface area (Å²) in [5.74, 6) is -1.65. The van der Waals surface area contributed by atoms with Crippen molar-refractivity contribution < 1.29 is 19.1 Å². The summed E-state index contributed by atoms with van der Waals surface area (Å²) in [5, 5.41) is 11.0. The molecule has 18 heavy (non-hydrogen) atoms. The highest BCUT2D eigenvalue weighted by atomic mass is 79.9. The Morgan fingerprint density at radius 3 is 2.67 bits per heavy atom. The molecule has 0 aromatic heterocycles. The zero-order valence-corrected chi connectivity index (χ0v) is 11.4. The van der Waals surface area contributed by atoms with Crippen molar-refractivity contribution in [2.75, 3.05) is 5.32 Å². The van der Waals surface area contributed by atoms with E-state index in [9.17, 15) is 14.0 Å². The highest BCUT2D eigenvalue weighted by molar-refractivity contribution is 9.10. The van der Waals surface area contributed by atoms with Crippen LogP contribution >= 0.6 is 15.9 Å². The third kappa shape index (κ3) is 4.44. The average molecular weight is 318 g/mol. The van der Waals surface area contributed by atoms with Crippen molar-refractivity contribution >= 4 is 33.5 Å². The van der Waals surface area contributed by atoms with Crippen molar-refractivity contribution in [1.29, 1.82) is 0 Å². The fourth-order valence-corrected chi connectivity index (χ4v) is 1.96. The number of carboxylic acid groups (broad SMARTS) is 1. The summed E-state index contributed by atoms with van der Waals surface area (Å²) in [6, 6.07) is 2.85. The first-order valence-corrected chi connectivity index (χ1v) is 6.16. The number of nitrogens with one attached hydrogen (secondary N) is 1. The molecule has 2 N–H and O–H groups in total. The van der Waals surface area contributed by atoms with E-state index in [0.29, 0.717) is 28.6 Å². The number of aryl methyl sites for hydroxylation is 1. The Bertz CT molecular complexity index is 477. The van der Waals surface area contributed by atoms with E-state index >= 15 is 0 Å². The molecule has 0 bridgehead atoms. The molecular weight excluding hydrogens is 305 g/mol. The van der Waals surface area contributed by atoms with Crippen LogP contribution in [0, 0.1) is 5.82 Å². The molecule has 0 aliphatic rings. The number of carbonyl (C=O) groups excluding carboxylic acids is 1. The maximum absolute atomic E-state index is 13.6. The fraction of sp³-hybridized carbons (Fsp3) is 0.333. The van der Waals surface area contributed by atoms with Gasteiger partial charge in [0.1, 0.15) is 5.82 Å². The van der Waals surface area contributed by atoms with Crippen LogP contribution in [0.4, 0.5) is 10.1 Å². The van der Waals surface area contributed by atoms with Gasteiger partial charge in [-0.25, -0.2) is 4.39 Å². The van der Waals surface area contributed by atoms with Crippen molar-refractivity contribution in [3.8, 4) is 0 Å². The smallest absolute Gasteiger partial charge is 0.303 e.